The molecule has 1 amide bonds. The Kier molecular flexibility index (Phi) is 9.21. The summed E-state index contributed by atoms with van der Waals surface area (Å²) in [4.78, 5) is 24.2. The second-order valence-electron chi connectivity index (χ2n) is 6.12. The van der Waals surface area contributed by atoms with Gasteiger partial charge >= 0.3 is 5.97 Å². The van der Waals surface area contributed by atoms with Crippen molar-refractivity contribution in [2.75, 3.05) is 19.7 Å². The molecule has 1 unspecified atom stereocenters. The van der Waals surface area contributed by atoms with Crippen LogP contribution in [0.25, 0.3) is 0 Å². The van der Waals surface area contributed by atoms with Crippen molar-refractivity contribution >= 4 is 11.9 Å². The van der Waals surface area contributed by atoms with Crippen LogP contribution in [0, 0.1) is 11.8 Å². The minimum atomic E-state index is -0.979. The van der Waals surface area contributed by atoms with Gasteiger partial charge in [-0.3, -0.25) is 9.59 Å². The van der Waals surface area contributed by atoms with E-state index in [1.54, 1.807) is 0 Å². The first-order valence-electron chi connectivity index (χ1n) is 7.33. The lowest BCUT2D eigenvalue weighted by molar-refractivity contribution is -0.145. The summed E-state index contributed by atoms with van der Waals surface area (Å²) in [7, 11) is 0. The number of nitrogens with zero attached hydrogens (tertiary/aromatic N) is 1. The van der Waals surface area contributed by atoms with Gasteiger partial charge in [0, 0.05) is 6.54 Å². The lowest BCUT2D eigenvalue weighted by Gasteiger charge is -2.23. The van der Waals surface area contributed by atoms with E-state index in [0.29, 0.717) is 19.1 Å². The summed E-state index contributed by atoms with van der Waals surface area (Å²) in [5.74, 6) is -0.324. The van der Waals surface area contributed by atoms with Gasteiger partial charge in [-0.25, -0.2) is 0 Å². The van der Waals surface area contributed by atoms with Crippen LogP contribution in [0.1, 0.15) is 47.5 Å². The predicted octanol–water partition coefficient (Wildman–Crippen LogP) is 2.40. The van der Waals surface area contributed by atoms with Crippen molar-refractivity contribution in [1.82, 2.24) is 4.90 Å². The second kappa shape index (κ2) is 9.75. The lowest BCUT2D eigenvalue weighted by atomic mass is 10.1. The van der Waals surface area contributed by atoms with Crippen LogP contribution in [-0.4, -0.2) is 47.7 Å². The van der Waals surface area contributed by atoms with Gasteiger partial charge in [-0.15, -0.1) is 0 Å². The highest BCUT2D eigenvalue weighted by molar-refractivity contribution is 5.81. The number of carboxylic acid groups (broad SMARTS) is 1. The molecule has 0 heterocycles. The fourth-order valence-electron chi connectivity index (χ4n) is 2.10. The molecule has 0 fully saturated rings. The van der Waals surface area contributed by atoms with Gasteiger partial charge < -0.3 is 14.7 Å². The first-order valence-corrected chi connectivity index (χ1v) is 7.33. The number of carbonyl (C=O) groups is 2. The number of hydrogen-bond donors (Lipinski definition) is 1. The number of rotatable bonds is 10. The fraction of sp³-hybridized carbons (Fsp3) is 0.867. The molecule has 1 N–H and O–H groups in total. The minimum absolute atomic E-state index is 0.126. The van der Waals surface area contributed by atoms with E-state index in [1.807, 2.05) is 20.8 Å². The zero-order valence-electron chi connectivity index (χ0n) is 13.4. The van der Waals surface area contributed by atoms with Gasteiger partial charge in [0.15, 0.2) is 0 Å². The van der Waals surface area contributed by atoms with Gasteiger partial charge in [-0.2, -0.15) is 0 Å². The van der Waals surface area contributed by atoms with E-state index in [-0.39, 0.29) is 30.9 Å². The van der Waals surface area contributed by atoms with Crippen molar-refractivity contribution in [2.45, 2.75) is 53.6 Å². The molecule has 0 saturated heterocycles. The van der Waals surface area contributed by atoms with Gasteiger partial charge in [0.25, 0.3) is 0 Å². The average molecular weight is 287 g/mol. The predicted molar refractivity (Wildman–Crippen MR) is 78.5 cm³/mol. The summed E-state index contributed by atoms with van der Waals surface area (Å²) in [6.45, 7) is 10.7. The molecule has 0 spiro atoms. The van der Waals surface area contributed by atoms with Crippen LogP contribution in [0.3, 0.4) is 0 Å². The molecule has 0 saturated carbocycles. The smallest absolute Gasteiger partial charge is 0.323 e. The highest BCUT2D eigenvalue weighted by Crippen LogP contribution is 2.08. The monoisotopic (exact) mass is 287 g/mol. The maximum Gasteiger partial charge on any atom is 0.323 e. The topological polar surface area (TPSA) is 66.8 Å². The van der Waals surface area contributed by atoms with E-state index < -0.39 is 5.97 Å². The first-order chi connectivity index (χ1) is 9.22. The largest absolute Gasteiger partial charge is 0.480 e. The molecule has 20 heavy (non-hydrogen) atoms. The van der Waals surface area contributed by atoms with E-state index >= 15 is 0 Å². The molecule has 0 bridgehead atoms. The maximum absolute atomic E-state index is 12.0. The summed E-state index contributed by atoms with van der Waals surface area (Å²) in [5, 5.41) is 8.83. The molecule has 0 aliphatic heterocycles. The molecule has 1 atom stereocenters. The van der Waals surface area contributed by atoms with Crippen molar-refractivity contribution in [3.63, 3.8) is 0 Å². The summed E-state index contributed by atoms with van der Waals surface area (Å²) < 4.78 is 5.59. The Hall–Kier alpha value is -1.10. The van der Waals surface area contributed by atoms with E-state index in [9.17, 15) is 9.59 Å². The Morgan fingerprint density at radius 1 is 1.10 bits per heavy atom. The third-order valence-corrected chi connectivity index (χ3v) is 2.79. The number of amides is 1. The Morgan fingerprint density at radius 3 is 2.15 bits per heavy atom. The van der Waals surface area contributed by atoms with Gasteiger partial charge in [-0.1, -0.05) is 27.7 Å². The third-order valence-electron chi connectivity index (χ3n) is 2.79. The first kappa shape index (κ1) is 18.9. The van der Waals surface area contributed by atoms with E-state index in [1.165, 1.54) is 4.90 Å². The zero-order valence-corrected chi connectivity index (χ0v) is 13.4. The third kappa shape index (κ3) is 9.78. The molecule has 0 aliphatic carbocycles. The van der Waals surface area contributed by atoms with Crippen LogP contribution in [0.5, 0.6) is 0 Å². The van der Waals surface area contributed by atoms with Gasteiger partial charge in [0.1, 0.15) is 6.54 Å². The standard InChI is InChI=1S/C15H29NO4/c1-11(2)8-13(5)20-7-6-14(17)16(9-12(3)4)10-15(18)19/h11-13H,6-10H2,1-5H3,(H,18,19). The summed E-state index contributed by atoms with van der Waals surface area (Å²) >= 11 is 0. The number of carboxylic acids is 1. The number of aliphatic carboxylic acids is 1. The Bertz CT molecular complexity index is 302. The number of carbonyl (C=O) groups excluding carboxylic acids is 1. The zero-order chi connectivity index (χ0) is 15.7. The van der Waals surface area contributed by atoms with E-state index in [2.05, 4.69) is 13.8 Å². The van der Waals surface area contributed by atoms with Gasteiger partial charge in [0.2, 0.25) is 5.91 Å². The summed E-state index contributed by atoms with van der Waals surface area (Å²) in [5.41, 5.74) is 0. The SMILES string of the molecule is CC(C)CC(C)OCCC(=O)N(CC(=O)O)CC(C)C. The van der Waals surface area contributed by atoms with Crippen molar-refractivity contribution in [3.05, 3.63) is 0 Å². The Labute approximate surface area is 122 Å². The minimum Gasteiger partial charge on any atom is -0.480 e. The average Bonchev–Trinajstić information content (AvgIpc) is 2.25. The molecule has 0 aliphatic rings. The highest BCUT2D eigenvalue weighted by atomic mass is 16.5. The molecule has 5 nitrogen and oxygen atoms in total. The van der Waals surface area contributed by atoms with Crippen molar-refractivity contribution in [1.29, 1.82) is 0 Å². The van der Waals surface area contributed by atoms with Crippen LogP contribution in [-0.2, 0) is 14.3 Å². The molecule has 0 aromatic heterocycles. The van der Waals surface area contributed by atoms with Crippen molar-refractivity contribution in [3.8, 4) is 0 Å². The van der Waals surface area contributed by atoms with Crippen LogP contribution in [0.4, 0.5) is 0 Å². The van der Waals surface area contributed by atoms with Crippen LogP contribution < -0.4 is 0 Å². The normalized spacial score (nSPS) is 12.8. The molecule has 0 aromatic rings. The molecule has 0 rings (SSSR count). The molecule has 0 aromatic carbocycles. The van der Waals surface area contributed by atoms with Crippen LogP contribution in [0.2, 0.25) is 0 Å². The van der Waals surface area contributed by atoms with Gasteiger partial charge in [-0.05, 0) is 25.2 Å². The molecular formula is C15H29NO4. The lowest BCUT2D eigenvalue weighted by Crippen LogP contribution is -2.38. The van der Waals surface area contributed by atoms with E-state index in [4.69, 9.17) is 9.84 Å². The molecule has 5 heteroatoms. The fourth-order valence-corrected chi connectivity index (χ4v) is 2.10. The molecule has 118 valence electrons. The number of ether oxygens (including phenoxy) is 1. The molecular weight excluding hydrogens is 258 g/mol. The van der Waals surface area contributed by atoms with Crippen LogP contribution in [0.15, 0.2) is 0 Å². The summed E-state index contributed by atoms with van der Waals surface area (Å²) in [6, 6.07) is 0. The van der Waals surface area contributed by atoms with Gasteiger partial charge in [0.05, 0.1) is 19.1 Å². The van der Waals surface area contributed by atoms with Crippen LogP contribution >= 0.6 is 0 Å². The van der Waals surface area contributed by atoms with Crippen molar-refractivity contribution in [2.24, 2.45) is 11.8 Å². The highest BCUT2D eigenvalue weighted by Gasteiger charge is 2.18. The summed E-state index contributed by atoms with van der Waals surface area (Å²) in [6.07, 6.45) is 1.32. The Morgan fingerprint density at radius 2 is 1.70 bits per heavy atom. The number of hydrogen-bond acceptors (Lipinski definition) is 3. The molecule has 0 radical (unpaired) electrons. The maximum atomic E-state index is 12.0. The van der Waals surface area contributed by atoms with Crippen molar-refractivity contribution < 1.29 is 19.4 Å². The quantitative estimate of drug-likeness (QED) is 0.670. The van der Waals surface area contributed by atoms with E-state index in [0.717, 1.165) is 6.42 Å². The second-order valence-corrected chi connectivity index (χ2v) is 6.12. The Balaban J connectivity index is 4.15.